The maximum Gasteiger partial charge on any atom is 0.266 e. The number of carbonyl (C=O) groups excluding carboxylic acids is 2. The van der Waals surface area contributed by atoms with Gasteiger partial charge < -0.3 is 9.47 Å². The first-order chi connectivity index (χ1) is 16.0. The summed E-state index contributed by atoms with van der Waals surface area (Å²) in [5.41, 5.74) is 0.972. The molecule has 2 aliphatic rings. The number of anilines is 2. The van der Waals surface area contributed by atoms with Crippen molar-refractivity contribution in [2.75, 3.05) is 24.2 Å². The lowest BCUT2D eigenvalue weighted by Gasteiger charge is -2.32. The topological polar surface area (TPSA) is 68.3 Å². The Balaban J connectivity index is 1.60. The number of nitrogens with zero attached hydrogens (tertiary/aromatic N) is 2. The van der Waals surface area contributed by atoms with Crippen LogP contribution >= 0.6 is 0 Å². The average Bonchev–Trinajstić information content (AvgIpc) is 3.28. The average molecular weight is 444 g/mol. The molecule has 2 aliphatic heterocycles. The van der Waals surface area contributed by atoms with E-state index in [9.17, 15) is 9.59 Å². The molecule has 3 aromatic carbocycles. The number of hydrogen-bond donors (Lipinski definition) is 0. The van der Waals surface area contributed by atoms with Crippen molar-refractivity contribution in [2.45, 2.75) is 19.1 Å². The Labute approximate surface area is 192 Å². The molecule has 0 spiro atoms. The Morgan fingerprint density at radius 3 is 1.94 bits per heavy atom. The van der Waals surface area contributed by atoms with Crippen molar-refractivity contribution in [3.8, 4) is 11.5 Å². The number of ether oxygens (including phenoxy) is 2. The number of carbonyl (C=O) groups is 2. The van der Waals surface area contributed by atoms with Crippen molar-refractivity contribution < 1.29 is 23.9 Å². The van der Waals surface area contributed by atoms with Crippen molar-refractivity contribution in [1.82, 2.24) is 0 Å². The number of rotatable bonds is 5. The Morgan fingerprint density at radius 1 is 0.788 bits per heavy atom. The van der Waals surface area contributed by atoms with Crippen LogP contribution in [0.1, 0.15) is 18.5 Å². The van der Waals surface area contributed by atoms with Crippen LogP contribution < -0.4 is 19.4 Å². The van der Waals surface area contributed by atoms with E-state index in [-0.39, 0.29) is 11.8 Å². The van der Waals surface area contributed by atoms with Crippen LogP contribution in [0.5, 0.6) is 11.5 Å². The zero-order valence-electron chi connectivity index (χ0n) is 18.6. The van der Waals surface area contributed by atoms with Crippen molar-refractivity contribution in [3.63, 3.8) is 0 Å². The zero-order chi connectivity index (χ0) is 23.2. The van der Waals surface area contributed by atoms with Crippen molar-refractivity contribution in [3.05, 3.63) is 84.4 Å². The molecule has 7 nitrogen and oxygen atoms in total. The number of benzene rings is 3. The fourth-order valence-electron chi connectivity index (χ4n) is 4.69. The fourth-order valence-corrected chi connectivity index (χ4v) is 4.69. The summed E-state index contributed by atoms with van der Waals surface area (Å²) in [4.78, 5) is 34.9. The summed E-state index contributed by atoms with van der Waals surface area (Å²) in [5, 5.41) is 1.69. The second-order valence-electron chi connectivity index (χ2n) is 8.28. The standard InChI is InChI=1S/C26H24N2O5/c1-26-22(17-9-13-20(31-2)14-10-17)28(19-7-5-4-6-8-19)33-23(26)24(29)27(25(26)30)18-11-15-21(32-3)16-12-18/h4-16,22-23H,1-3H3/t22-,23-,26+/m1/s1. The van der Waals surface area contributed by atoms with Crippen LogP contribution in [-0.4, -0.2) is 32.1 Å². The number of amides is 2. The number of hydrogen-bond acceptors (Lipinski definition) is 6. The highest BCUT2D eigenvalue weighted by molar-refractivity contribution is 6.25. The second-order valence-corrected chi connectivity index (χ2v) is 8.28. The highest BCUT2D eigenvalue weighted by atomic mass is 16.7. The second kappa shape index (κ2) is 7.94. The monoisotopic (exact) mass is 444 g/mol. The molecule has 168 valence electrons. The first-order valence-corrected chi connectivity index (χ1v) is 10.7. The molecule has 0 N–H and O–H groups in total. The molecule has 0 bridgehead atoms. The number of methoxy groups -OCH3 is 2. The summed E-state index contributed by atoms with van der Waals surface area (Å²) in [6.45, 7) is 1.80. The highest BCUT2D eigenvalue weighted by Gasteiger charge is 2.68. The van der Waals surface area contributed by atoms with Gasteiger partial charge in [-0.2, -0.15) is 0 Å². The van der Waals surface area contributed by atoms with E-state index >= 15 is 0 Å². The van der Waals surface area contributed by atoms with Crippen LogP contribution in [0.15, 0.2) is 78.9 Å². The van der Waals surface area contributed by atoms with Gasteiger partial charge in [0.15, 0.2) is 6.10 Å². The molecule has 7 heteroatoms. The number of fused-ring (bicyclic) bond motifs is 1. The van der Waals surface area contributed by atoms with Crippen LogP contribution in [0.2, 0.25) is 0 Å². The van der Waals surface area contributed by atoms with Gasteiger partial charge in [0.05, 0.1) is 31.6 Å². The first-order valence-electron chi connectivity index (χ1n) is 10.7. The fraction of sp³-hybridized carbons (Fsp3) is 0.231. The van der Waals surface area contributed by atoms with E-state index in [1.54, 1.807) is 50.5 Å². The molecule has 3 aromatic rings. The number of para-hydroxylation sites is 1. The van der Waals surface area contributed by atoms with Gasteiger partial charge in [-0.1, -0.05) is 30.3 Å². The summed E-state index contributed by atoms with van der Waals surface area (Å²) < 4.78 is 10.5. The molecule has 0 unspecified atom stereocenters. The summed E-state index contributed by atoms with van der Waals surface area (Å²) in [6, 6.07) is 23.3. The highest BCUT2D eigenvalue weighted by Crippen LogP contribution is 2.55. The normalized spacial score (nSPS) is 24.2. The Bertz CT molecular complexity index is 1180. The van der Waals surface area contributed by atoms with E-state index in [2.05, 4.69) is 0 Å². The van der Waals surface area contributed by atoms with E-state index in [0.717, 1.165) is 11.3 Å². The largest absolute Gasteiger partial charge is 0.497 e. The Morgan fingerprint density at radius 2 is 1.36 bits per heavy atom. The van der Waals surface area contributed by atoms with Crippen LogP contribution in [0.4, 0.5) is 11.4 Å². The molecule has 5 rings (SSSR count). The molecule has 2 heterocycles. The minimum Gasteiger partial charge on any atom is -0.497 e. The van der Waals surface area contributed by atoms with Crippen molar-refractivity contribution >= 4 is 23.2 Å². The van der Waals surface area contributed by atoms with Gasteiger partial charge in [-0.05, 0) is 61.0 Å². The van der Waals surface area contributed by atoms with Gasteiger partial charge in [0.1, 0.15) is 16.9 Å². The smallest absolute Gasteiger partial charge is 0.266 e. The Hall–Kier alpha value is -3.84. The van der Waals surface area contributed by atoms with Gasteiger partial charge >= 0.3 is 0 Å². The molecule has 2 fully saturated rings. The predicted molar refractivity (Wildman–Crippen MR) is 123 cm³/mol. The molecule has 0 aromatic heterocycles. The summed E-state index contributed by atoms with van der Waals surface area (Å²) >= 11 is 0. The molecule has 0 aliphatic carbocycles. The SMILES string of the molecule is COc1ccc([C@H]2N(c3ccccc3)O[C@@H]3C(=O)N(c4ccc(OC)cc4)C(=O)[C@]32C)cc1. The first kappa shape index (κ1) is 21.0. The van der Waals surface area contributed by atoms with E-state index in [0.29, 0.717) is 17.2 Å². The predicted octanol–water partition coefficient (Wildman–Crippen LogP) is 4.15. The third kappa shape index (κ3) is 3.15. The summed E-state index contributed by atoms with van der Waals surface area (Å²) in [7, 11) is 3.17. The van der Waals surface area contributed by atoms with Crippen LogP contribution in [-0.2, 0) is 14.4 Å². The molecule has 3 atom stereocenters. The van der Waals surface area contributed by atoms with Crippen molar-refractivity contribution in [1.29, 1.82) is 0 Å². The van der Waals surface area contributed by atoms with E-state index in [1.165, 1.54) is 4.90 Å². The van der Waals surface area contributed by atoms with Gasteiger partial charge in [0.25, 0.3) is 5.91 Å². The minimum absolute atomic E-state index is 0.304. The lowest BCUT2D eigenvalue weighted by molar-refractivity contribution is -0.128. The number of hydroxylamine groups is 1. The minimum atomic E-state index is -1.14. The van der Waals surface area contributed by atoms with E-state index in [1.807, 2.05) is 54.6 Å². The van der Waals surface area contributed by atoms with Gasteiger partial charge in [0.2, 0.25) is 5.91 Å². The zero-order valence-corrected chi connectivity index (χ0v) is 18.6. The third-order valence-corrected chi connectivity index (χ3v) is 6.45. The molecule has 0 saturated carbocycles. The quantitative estimate of drug-likeness (QED) is 0.551. The maximum absolute atomic E-state index is 13.9. The summed E-state index contributed by atoms with van der Waals surface area (Å²) in [5.74, 6) is 0.665. The van der Waals surface area contributed by atoms with Crippen LogP contribution in [0.3, 0.4) is 0 Å². The lowest BCUT2D eigenvalue weighted by atomic mass is 9.76. The molecule has 0 radical (unpaired) electrons. The molecular formula is C26H24N2O5. The maximum atomic E-state index is 13.9. The summed E-state index contributed by atoms with van der Waals surface area (Å²) in [6.07, 6.45) is -0.959. The van der Waals surface area contributed by atoms with Gasteiger partial charge in [-0.3, -0.25) is 14.4 Å². The van der Waals surface area contributed by atoms with E-state index < -0.39 is 17.6 Å². The third-order valence-electron chi connectivity index (χ3n) is 6.45. The van der Waals surface area contributed by atoms with Crippen LogP contribution in [0, 0.1) is 5.41 Å². The Kier molecular flexibility index (Phi) is 5.06. The number of imide groups is 1. The molecule has 33 heavy (non-hydrogen) atoms. The van der Waals surface area contributed by atoms with Gasteiger partial charge in [-0.15, -0.1) is 0 Å². The molecular weight excluding hydrogens is 420 g/mol. The van der Waals surface area contributed by atoms with Gasteiger partial charge in [0, 0.05) is 0 Å². The molecule has 2 amide bonds. The lowest BCUT2D eigenvalue weighted by Crippen LogP contribution is -2.41. The molecule has 2 saturated heterocycles. The van der Waals surface area contributed by atoms with Crippen molar-refractivity contribution in [2.24, 2.45) is 5.41 Å². The van der Waals surface area contributed by atoms with Crippen LogP contribution in [0.25, 0.3) is 0 Å². The van der Waals surface area contributed by atoms with Gasteiger partial charge in [-0.25, -0.2) is 9.96 Å². The van der Waals surface area contributed by atoms with E-state index in [4.69, 9.17) is 14.3 Å².